The predicted octanol–water partition coefficient (Wildman–Crippen LogP) is 4.52. The molecule has 3 nitrogen and oxygen atoms in total. The van der Waals surface area contributed by atoms with Crippen molar-refractivity contribution in [1.82, 2.24) is 4.90 Å². The maximum absolute atomic E-state index is 13.2. The summed E-state index contributed by atoms with van der Waals surface area (Å²) in [7, 11) is 0. The zero-order chi connectivity index (χ0) is 17.8. The second-order valence-electron chi connectivity index (χ2n) is 6.44. The first-order valence-electron chi connectivity index (χ1n) is 8.50. The summed E-state index contributed by atoms with van der Waals surface area (Å²) in [6.45, 7) is 5.20. The summed E-state index contributed by atoms with van der Waals surface area (Å²) in [5.41, 5.74) is 2.53. The van der Waals surface area contributed by atoms with E-state index < -0.39 is 0 Å². The van der Waals surface area contributed by atoms with Crippen LogP contribution in [-0.4, -0.2) is 36.1 Å². The van der Waals surface area contributed by atoms with Crippen LogP contribution in [0.1, 0.15) is 25.0 Å². The first-order chi connectivity index (χ1) is 12.0. The minimum atomic E-state index is 0.0215. The van der Waals surface area contributed by atoms with Gasteiger partial charge in [0.05, 0.1) is 12.2 Å². The molecule has 1 heterocycles. The van der Waals surface area contributed by atoms with Crippen LogP contribution in [0.5, 0.6) is 0 Å². The maximum atomic E-state index is 13.2. The lowest BCUT2D eigenvalue weighted by Gasteiger charge is -2.35. The van der Waals surface area contributed by atoms with Crippen LogP contribution in [0, 0.1) is 0 Å². The summed E-state index contributed by atoms with van der Waals surface area (Å²) < 4.78 is 5.76. The maximum Gasteiger partial charge on any atom is 0.254 e. The Kier molecular flexibility index (Phi) is 5.57. The molecule has 2 aromatic rings. The number of nitrogens with zero attached hydrogens (tertiary/aromatic N) is 1. The van der Waals surface area contributed by atoms with Crippen molar-refractivity contribution in [3.63, 3.8) is 0 Å². The molecular formula is C21H22ClNO2. The quantitative estimate of drug-likeness (QED) is 0.598. The van der Waals surface area contributed by atoms with Gasteiger partial charge in [-0.3, -0.25) is 4.79 Å². The normalized spacial score (nSPS) is 21.2. The number of halogens is 1. The van der Waals surface area contributed by atoms with Gasteiger partial charge in [-0.05, 0) is 43.2 Å². The average Bonchev–Trinajstić information content (AvgIpc) is 2.60. The highest BCUT2D eigenvalue weighted by atomic mass is 35.5. The van der Waals surface area contributed by atoms with Gasteiger partial charge in [0.1, 0.15) is 0 Å². The van der Waals surface area contributed by atoms with Crippen LogP contribution in [-0.2, 0) is 9.53 Å². The predicted molar refractivity (Wildman–Crippen MR) is 102 cm³/mol. The lowest BCUT2D eigenvalue weighted by Crippen LogP contribution is -2.48. The van der Waals surface area contributed by atoms with Crippen molar-refractivity contribution in [1.29, 1.82) is 0 Å². The Morgan fingerprint density at radius 2 is 1.64 bits per heavy atom. The minimum Gasteiger partial charge on any atom is -0.372 e. The number of rotatable bonds is 3. The summed E-state index contributed by atoms with van der Waals surface area (Å²) in [4.78, 5) is 15.1. The van der Waals surface area contributed by atoms with E-state index in [0.717, 1.165) is 11.1 Å². The molecule has 1 aliphatic rings. The number of benzene rings is 2. The average molecular weight is 356 g/mol. The Bertz CT molecular complexity index is 745. The van der Waals surface area contributed by atoms with Gasteiger partial charge in [0.25, 0.3) is 5.91 Å². The molecule has 3 rings (SSSR count). The summed E-state index contributed by atoms with van der Waals surface area (Å²) in [5.74, 6) is 0.0215. The standard InChI is InChI=1S/C21H22ClNO2/c1-15-13-23(14-16(2)25-15)21(24)20(12-17-6-4-3-5-7-17)18-8-10-19(22)11-9-18/h3-12,15-16H,13-14H2,1-2H3/b20-12-/t15-,16+. The third kappa shape index (κ3) is 4.50. The third-order valence-electron chi connectivity index (χ3n) is 4.20. The minimum absolute atomic E-state index is 0.0215. The molecule has 25 heavy (non-hydrogen) atoms. The van der Waals surface area contributed by atoms with E-state index in [2.05, 4.69) is 0 Å². The van der Waals surface area contributed by atoms with E-state index in [4.69, 9.17) is 16.3 Å². The fraction of sp³-hybridized carbons (Fsp3) is 0.286. The van der Waals surface area contributed by atoms with E-state index in [1.54, 1.807) is 0 Å². The van der Waals surface area contributed by atoms with Crippen molar-refractivity contribution in [2.24, 2.45) is 0 Å². The van der Waals surface area contributed by atoms with Gasteiger partial charge in [0, 0.05) is 23.7 Å². The second-order valence-corrected chi connectivity index (χ2v) is 6.88. The van der Waals surface area contributed by atoms with Crippen LogP contribution in [0.25, 0.3) is 11.6 Å². The number of amides is 1. The number of carbonyl (C=O) groups excluding carboxylic acids is 1. The van der Waals surface area contributed by atoms with Crippen LogP contribution in [0.15, 0.2) is 54.6 Å². The molecule has 0 spiro atoms. The van der Waals surface area contributed by atoms with Gasteiger partial charge in [0.15, 0.2) is 0 Å². The molecule has 0 aliphatic carbocycles. The molecule has 1 fully saturated rings. The van der Waals surface area contributed by atoms with E-state index in [1.807, 2.05) is 79.4 Å². The first-order valence-corrected chi connectivity index (χ1v) is 8.88. The number of hydrogen-bond donors (Lipinski definition) is 0. The van der Waals surface area contributed by atoms with E-state index >= 15 is 0 Å². The number of hydrogen-bond acceptors (Lipinski definition) is 2. The topological polar surface area (TPSA) is 29.5 Å². The largest absolute Gasteiger partial charge is 0.372 e. The van der Waals surface area contributed by atoms with Crippen molar-refractivity contribution in [2.45, 2.75) is 26.1 Å². The highest BCUT2D eigenvalue weighted by Crippen LogP contribution is 2.24. The highest BCUT2D eigenvalue weighted by molar-refractivity contribution is 6.31. The van der Waals surface area contributed by atoms with Crippen LogP contribution < -0.4 is 0 Å². The first kappa shape index (κ1) is 17.7. The molecule has 0 radical (unpaired) electrons. The van der Waals surface area contributed by atoms with Gasteiger partial charge in [-0.25, -0.2) is 0 Å². The van der Waals surface area contributed by atoms with Gasteiger partial charge in [0.2, 0.25) is 0 Å². The summed E-state index contributed by atoms with van der Waals surface area (Å²) in [5, 5.41) is 0.656. The van der Waals surface area contributed by atoms with Crippen LogP contribution in [0.2, 0.25) is 5.02 Å². The summed E-state index contributed by atoms with van der Waals surface area (Å²) in [6.07, 6.45) is 2.02. The molecule has 1 aliphatic heterocycles. The van der Waals surface area contributed by atoms with E-state index in [9.17, 15) is 4.79 Å². The monoisotopic (exact) mass is 355 g/mol. The van der Waals surface area contributed by atoms with Crippen molar-refractivity contribution < 1.29 is 9.53 Å². The fourth-order valence-corrected chi connectivity index (χ4v) is 3.25. The van der Waals surface area contributed by atoms with Crippen molar-refractivity contribution in [2.75, 3.05) is 13.1 Å². The third-order valence-corrected chi connectivity index (χ3v) is 4.46. The molecule has 0 unspecified atom stereocenters. The van der Waals surface area contributed by atoms with Crippen molar-refractivity contribution in [3.8, 4) is 0 Å². The van der Waals surface area contributed by atoms with Gasteiger partial charge in [-0.15, -0.1) is 0 Å². The Morgan fingerprint density at radius 1 is 1.04 bits per heavy atom. The van der Waals surface area contributed by atoms with Gasteiger partial charge >= 0.3 is 0 Å². The van der Waals surface area contributed by atoms with Gasteiger partial charge < -0.3 is 9.64 Å². The SMILES string of the molecule is C[C@@H]1CN(C(=O)/C(=C\c2ccccc2)c2ccc(Cl)cc2)C[C@H](C)O1. The Labute approximate surface area is 153 Å². The number of ether oxygens (including phenoxy) is 1. The lowest BCUT2D eigenvalue weighted by molar-refractivity contribution is -0.136. The molecular weight excluding hydrogens is 334 g/mol. The van der Waals surface area contributed by atoms with Gasteiger partial charge in [-0.1, -0.05) is 54.1 Å². The molecule has 0 bridgehead atoms. The molecule has 130 valence electrons. The van der Waals surface area contributed by atoms with Crippen LogP contribution in [0.3, 0.4) is 0 Å². The van der Waals surface area contributed by atoms with Gasteiger partial charge in [-0.2, -0.15) is 0 Å². The summed E-state index contributed by atoms with van der Waals surface area (Å²) >= 11 is 6.01. The molecule has 2 aromatic carbocycles. The molecule has 0 N–H and O–H groups in total. The van der Waals surface area contributed by atoms with E-state index in [-0.39, 0.29) is 18.1 Å². The smallest absolute Gasteiger partial charge is 0.254 e. The highest BCUT2D eigenvalue weighted by Gasteiger charge is 2.28. The van der Waals surface area contributed by atoms with E-state index in [0.29, 0.717) is 23.7 Å². The van der Waals surface area contributed by atoms with Crippen molar-refractivity contribution >= 4 is 29.2 Å². The Hall–Kier alpha value is -2.10. The zero-order valence-corrected chi connectivity index (χ0v) is 15.2. The molecule has 0 saturated carbocycles. The summed E-state index contributed by atoms with van der Waals surface area (Å²) in [6, 6.07) is 17.3. The molecule has 1 amide bonds. The Balaban J connectivity index is 1.97. The Morgan fingerprint density at radius 3 is 2.24 bits per heavy atom. The fourth-order valence-electron chi connectivity index (χ4n) is 3.13. The van der Waals surface area contributed by atoms with E-state index in [1.165, 1.54) is 0 Å². The molecule has 1 saturated heterocycles. The van der Waals surface area contributed by atoms with Crippen LogP contribution in [0.4, 0.5) is 0 Å². The number of carbonyl (C=O) groups is 1. The molecule has 2 atom stereocenters. The molecule has 4 heteroatoms. The second kappa shape index (κ2) is 7.85. The van der Waals surface area contributed by atoms with Crippen LogP contribution >= 0.6 is 11.6 Å². The lowest BCUT2D eigenvalue weighted by atomic mass is 10.0. The number of morpholine rings is 1. The zero-order valence-electron chi connectivity index (χ0n) is 14.5. The molecule has 0 aromatic heterocycles. The van der Waals surface area contributed by atoms with Crippen molar-refractivity contribution in [3.05, 3.63) is 70.7 Å².